The smallest absolute Gasteiger partial charge is 0.148 e. The molecule has 0 amide bonds. The van der Waals surface area contributed by atoms with Crippen LogP contribution in [0.3, 0.4) is 0 Å². The maximum Gasteiger partial charge on any atom is 0.148 e. The Bertz CT molecular complexity index is 356. The quantitative estimate of drug-likeness (QED) is 0.929. The number of aliphatic hydroxyl groups excluding tert-OH is 1. The molecular weight excluding hydrogens is 270 g/mol. The fourth-order valence-electron chi connectivity index (χ4n) is 2.29. The molecule has 2 rings (SSSR count). The molecule has 1 atom stereocenters. The molecule has 3 nitrogen and oxygen atoms in total. The molecule has 4 heteroatoms. The van der Waals surface area contributed by atoms with E-state index < -0.39 is 6.10 Å². The van der Waals surface area contributed by atoms with Gasteiger partial charge in [0.2, 0.25) is 0 Å². The number of hydrogen-bond acceptors (Lipinski definition) is 3. The summed E-state index contributed by atoms with van der Waals surface area (Å²) < 4.78 is 6.19. The molecule has 1 fully saturated rings. The van der Waals surface area contributed by atoms with Gasteiger partial charge in [-0.15, -0.1) is 0 Å². The van der Waals surface area contributed by atoms with Gasteiger partial charge in [0.25, 0.3) is 0 Å². The second-order valence-electron chi connectivity index (χ2n) is 4.88. The van der Waals surface area contributed by atoms with Crippen molar-refractivity contribution in [2.75, 3.05) is 13.1 Å². The first-order valence-electron chi connectivity index (χ1n) is 5.69. The molecule has 16 heavy (non-hydrogen) atoms. The summed E-state index contributed by atoms with van der Waals surface area (Å²) in [6.45, 7) is 6.25. The number of halogens is 1. The van der Waals surface area contributed by atoms with Crippen LogP contribution < -0.4 is 0 Å². The lowest BCUT2D eigenvalue weighted by atomic mass is 9.93. The minimum Gasteiger partial charge on any atom is -0.465 e. The minimum absolute atomic E-state index is 0.281. The van der Waals surface area contributed by atoms with Crippen molar-refractivity contribution in [3.63, 3.8) is 0 Å². The van der Waals surface area contributed by atoms with E-state index in [1.54, 1.807) is 6.26 Å². The molecule has 1 N–H and O–H groups in total. The highest BCUT2D eigenvalue weighted by Gasteiger charge is 2.38. The van der Waals surface area contributed by atoms with Gasteiger partial charge < -0.3 is 9.52 Å². The zero-order valence-corrected chi connectivity index (χ0v) is 11.3. The zero-order chi connectivity index (χ0) is 11.8. The van der Waals surface area contributed by atoms with Gasteiger partial charge in [-0.05, 0) is 61.8 Å². The highest BCUT2D eigenvalue weighted by Crippen LogP contribution is 2.36. The van der Waals surface area contributed by atoms with Gasteiger partial charge in [-0.1, -0.05) is 0 Å². The largest absolute Gasteiger partial charge is 0.465 e. The third-order valence-electron chi connectivity index (χ3n) is 3.48. The highest BCUT2D eigenvalue weighted by atomic mass is 79.9. The summed E-state index contributed by atoms with van der Waals surface area (Å²) in [4.78, 5) is 2.33. The Hall–Kier alpha value is -0.320. The van der Waals surface area contributed by atoms with Gasteiger partial charge in [-0.25, -0.2) is 0 Å². The summed E-state index contributed by atoms with van der Waals surface area (Å²) in [5.74, 6) is 0.622. The number of furan rings is 1. The molecule has 1 aromatic heterocycles. The third-order valence-corrected chi connectivity index (χ3v) is 4.14. The lowest BCUT2D eigenvalue weighted by Gasteiger charge is -2.38. The van der Waals surface area contributed by atoms with Crippen molar-refractivity contribution < 1.29 is 9.52 Å². The average molecular weight is 288 g/mol. The van der Waals surface area contributed by atoms with Gasteiger partial charge in [-0.3, -0.25) is 4.90 Å². The first kappa shape index (κ1) is 12.1. The van der Waals surface area contributed by atoms with Crippen LogP contribution in [0.1, 0.15) is 38.6 Å². The van der Waals surface area contributed by atoms with E-state index in [1.807, 2.05) is 6.07 Å². The maximum atomic E-state index is 10.4. The molecule has 0 aliphatic carbocycles. The van der Waals surface area contributed by atoms with Gasteiger partial charge >= 0.3 is 0 Å². The number of hydrogen-bond donors (Lipinski definition) is 1. The molecule has 0 bridgehead atoms. The van der Waals surface area contributed by atoms with E-state index in [9.17, 15) is 5.11 Å². The van der Waals surface area contributed by atoms with E-state index in [-0.39, 0.29) is 5.54 Å². The molecule has 1 aliphatic heterocycles. The van der Waals surface area contributed by atoms with E-state index >= 15 is 0 Å². The van der Waals surface area contributed by atoms with Crippen LogP contribution in [-0.2, 0) is 0 Å². The van der Waals surface area contributed by atoms with Gasteiger partial charge in [0.1, 0.15) is 11.9 Å². The van der Waals surface area contributed by atoms with E-state index in [1.165, 1.54) is 12.8 Å². The molecular formula is C12H18BrNO2. The molecule has 1 saturated heterocycles. The van der Waals surface area contributed by atoms with E-state index in [2.05, 4.69) is 34.7 Å². The molecule has 0 saturated carbocycles. The van der Waals surface area contributed by atoms with Crippen molar-refractivity contribution in [1.29, 1.82) is 0 Å². The molecule has 90 valence electrons. The van der Waals surface area contributed by atoms with Crippen LogP contribution in [0.25, 0.3) is 0 Å². The number of rotatable bonds is 3. The van der Waals surface area contributed by atoms with Crippen LogP contribution in [0.15, 0.2) is 21.2 Å². The Kier molecular flexibility index (Phi) is 3.42. The molecule has 1 unspecified atom stereocenters. The number of aliphatic hydroxyl groups is 1. The zero-order valence-electron chi connectivity index (χ0n) is 9.74. The van der Waals surface area contributed by atoms with Crippen molar-refractivity contribution >= 4 is 15.9 Å². The van der Waals surface area contributed by atoms with Gasteiger partial charge in [0.15, 0.2) is 0 Å². The van der Waals surface area contributed by atoms with Gasteiger partial charge in [0.05, 0.1) is 10.7 Å². The first-order valence-corrected chi connectivity index (χ1v) is 6.49. The summed E-state index contributed by atoms with van der Waals surface area (Å²) in [6, 6.07) is 1.82. The Morgan fingerprint density at radius 3 is 2.56 bits per heavy atom. The van der Waals surface area contributed by atoms with Crippen LogP contribution in [0.2, 0.25) is 0 Å². The second kappa shape index (κ2) is 4.51. The van der Waals surface area contributed by atoms with E-state index in [4.69, 9.17) is 4.42 Å². The summed E-state index contributed by atoms with van der Waals surface area (Å²) in [7, 11) is 0. The Labute approximate surface area is 105 Å². The fourth-order valence-corrected chi connectivity index (χ4v) is 2.71. The van der Waals surface area contributed by atoms with E-state index in [0.29, 0.717) is 5.76 Å². The van der Waals surface area contributed by atoms with Gasteiger partial charge in [-0.2, -0.15) is 0 Å². The Morgan fingerprint density at radius 2 is 2.06 bits per heavy atom. The topological polar surface area (TPSA) is 36.6 Å². The summed E-state index contributed by atoms with van der Waals surface area (Å²) >= 11 is 3.40. The molecule has 2 heterocycles. The molecule has 0 spiro atoms. The molecule has 0 radical (unpaired) electrons. The molecule has 1 aliphatic rings. The van der Waals surface area contributed by atoms with Crippen molar-refractivity contribution in [3.8, 4) is 0 Å². The number of nitrogens with zero attached hydrogens (tertiary/aromatic N) is 1. The van der Waals surface area contributed by atoms with E-state index in [0.717, 1.165) is 17.6 Å². The van der Waals surface area contributed by atoms with Crippen molar-refractivity contribution in [1.82, 2.24) is 4.90 Å². The Balaban J connectivity index is 2.19. The van der Waals surface area contributed by atoms with Crippen molar-refractivity contribution in [2.24, 2.45) is 0 Å². The van der Waals surface area contributed by atoms with Crippen LogP contribution >= 0.6 is 15.9 Å². The standard InChI is InChI=1S/C12H18BrNO2/c1-12(2,14-6-3-4-7-14)11(15)10-9(13)5-8-16-10/h5,8,11,15H,3-4,6-7H2,1-2H3. The van der Waals surface area contributed by atoms with Crippen molar-refractivity contribution in [3.05, 3.63) is 22.6 Å². The van der Waals surface area contributed by atoms with Crippen LogP contribution in [-0.4, -0.2) is 28.6 Å². The lowest BCUT2D eigenvalue weighted by Crippen LogP contribution is -2.46. The summed E-state index contributed by atoms with van der Waals surface area (Å²) in [6.07, 6.45) is 3.43. The Morgan fingerprint density at radius 1 is 1.44 bits per heavy atom. The normalized spacial score (nSPS) is 20.2. The van der Waals surface area contributed by atoms with Crippen molar-refractivity contribution in [2.45, 2.75) is 38.3 Å². The minimum atomic E-state index is -0.602. The predicted molar refractivity (Wildman–Crippen MR) is 66.3 cm³/mol. The number of likely N-dealkylation sites (tertiary alicyclic amines) is 1. The molecule has 1 aromatic rings. The predicted octanol–water partition coefficient (Wildman–Crippen LogP) is 2.95. The van der Waals surface area contributed by atoms with Crippen LogP contribution in [0.4, 0.5) is 0 Å². The van der Waals surface area contributed by atoms with Gasteiger partial charge in [0, 0.05) is 5.54 Å². The third kappa shape index (κ3) is 2.06. The average Bonchev–Trinajstić information content (AvgIpc) is 2.86. The second-order valence-corrected chi connectivity index (χ2v) is 5.74. The SMILES string of the molecule is CC(C)(C(O)c1occc1Br)N1CCCC1. The van der Waals surface area contributed by atoms with Crippen LogP contribution in [0, 0.1) is 0 Å². The van der Waals surface area contributed by atoms with Crippen LogP contribution in [0.5, 0.6) is 0 Å². The monoisotopic (exact) mass is 287 g/mol. The fraction of sp³-hybridized carbons (Fsp3) is 0.667. The summed E-state index contributed by atoms with van der Waals surface area (Å²) in [5, 5.41) is 10.4. The molecule has 0 aromatic carbocycles. The lowest BCUT2D eigenvalue weighted by molar-refractivity contribution is -0.0115. The first-order chi connectivity index (χ1) is 7.53. The highest BCUT2D eigenvalue weighted by molar-refractivity contribution is 9.10. The maximum absolute atomic E-state index is 10.4. The summed E-state index contributed by atoms with van der Waals surface area (Å²) in [5.41, 5.74) is -0.281.